The molecule has 0 fully saturated rings. The molecule has 3 nitrogen and oxygen atoms in total. The quantitative estimate of drug-likeness (QED) is 0.542. The molecular weight excluding hydrogens is 379 g/mol. The van der Waals surface area contributed by atoms with E-state index in [0.29, 0.717) is 31.4 Å². The first kappa shape index (κ1) is 20.9. The molecule has 0 atom stereocenters. The summed E-state index contributed by atoms with van der Waals surface area (Å²) in [6.07, 6.45) is 2.80. The number of aliphatic hydroxyl groups is 1. The third-order valence-corrected chi connectivity index (χ3v) is 4.87. The summed E-state index contributed by atoms with van der Waals surface area (Å²) in [5, 5.41) is 11.6. The van der Waals surface area contributed by atoms with Gasteiger partial charge in [-0.05, 0) is 59.7 Å². The molecule has 1 aliphatic carbocycles. The van der Waals surface area contributed by atoms with Crippen LogP contribution >= 0.6 is 0 Å². The molecule has 2 aromatic rings. The van der Waals surface area contributed by atoms with Gasteiger partial charge < -0.3 is 10.4 Å². The lowest BCUT2D eigenvalue weighted by Crippen LogP contribution is -2.26. The molecule has 0 aromatic heterocycles. The van der Waals surface area contributed by atoms with Gasteiger partial charge in [0.25, 0.3) is 0 Å². The van der Waals surface area contributed by atoms with Gasteiger partial charge >= 0.3 is 6.18 Å². The van der Waals surface area contributed by atoms with Crippen molar-refractivity contribution < 1.29 is 23.1 Å². The predicted octanol–water partition coefficient (Wildman–Crippen LogP) is 4.76. The molecule has 0 bridgehead atoms. The number of rotatable bonds is 6. The highest BCUT2D eigenvalue weighted by Crippen LogP contribution is 2.35. The molecule has 0 radical (unpaired) electrons. The van der Waals surface area contributed by atoms with Gasteiger partial charge in [0, 0.05) is 12.1 Å². The van der Waals surface area contributed by atoms with Crippen LogP contribution in [0.3, 0.4) is 0 Å². The Morgan fingerprint density at radius 1 is 1.07 bits per heavy atom. The molecule has 152 valence electrons. The molecule has 0 aliphatic heterocycles. The van der Waals surface area contributed by atoms with Crippen molar-refractivity contribution in [1.82, 2.24) is 5.32 Å². The van der Waals surface area contributed by atoms with Gasteiger partial charge in [0.15, 0.2) is 0 Å². The summed E-state index contributed by atoms with van der Waals surface area (Å²) in [7, 11) is 0. The Morgan fingerprint density at radius 3 is 2.52 bits per heavy atom. The van der Waals surface area contributed by atoms with Gasteiger partial charge in [-0.15, -0.1) is 0 Å². The molecule has 2 aromatic carbocycles. The van der Waals surface area contributed by atoms with Crippen LogP contribution in [0.15, 0.2) is 60.2 Å². The van der Waals surface area contributed by atoms with Crippen LogP contribution in [0.1, 0.15) is 29.5 Å². The predicted molar refractivity (Wildman–Crippen MR) is 107 cm³/mol. The molecule has 1 aliphatic rings. The van der Waals surface area contributed by atoms with Crippen LogP contribution in [-0.2, 0) is 17.4 Å². The number of fused-ring (bicyclic) bond motifs is 1. The summed E-state index contributed by atoms with van der Waals surface area (Å²) in [5.74, 6) is -0.118. The minimum absolute atomic E-state index is 0.0167. The first-order valence-corrected chi connectivity index (χ1v) is 9.44. The average molecular weight is 401 g/mol. The van der Waals surface area contributed by atoms with E-state index in [0.717, 1.165) is 34.4 Å². The fourth-order valence-corrected chi connectivity index (χ4v) is 3.40. The van der Waals surface area contributed by atoms with Gasteiger partial charge in [-0.25, -0.2) is 0 Å². The lowest BCUT2D eigenvalue weighted by molar-refractivity contribution is -0.137. The molecule has 1 amide bonds. The second kappa shape index (κ2) is 9.09. The van der Waals surface area contributed by atoms with Gasteiger partial charge in [0.2, 0.25) is 5.91 Å². The van der Waals surface area contributed by atoms with E-state index in [9.17, 15) is 18.0 Å². The number of aliphatic hydroxyl groups excluding tert-OH is 1. The van der Waals surface area contributed by atoms with Crippen molar-refractivity contribution in [3.05, 3.63) is 76.9 Å². The Bertz CT molecular complexity index is 928. The average Bonchev–Trinajstić information content (AvgIpc) is 2.72. The maximum Gasteiger partial charge on any atom is 0.416 e. The highest BCUT2D eigenvalue weighted by atomic mass is 19.4. The first-order chi connectivity index (χ1) is 13.9. The zero-order valence-electron chi connectivity index (χ0n) is 15.8. The number of hydrogen-bond donors (Lipinski definition) is 2. The third kappa shape index (κ3) is 5.15. The second-order valence-electron chi connectivity index (χ2n) is 6.82. The van der Waals surface area contributed by atoms with Crippen LogP contribution in [0.2, 0.25) is 0 Å². The van der Waals surface area contributed by atoms with Crippen LogP contribution in [-0.4, -0.2) is 24.2 Å². The molecule has 0 saturated carbocycles. The van der Waals surface area contributed by atoms with Crippen LogP contribution in [0.4, 0.5) is 13.2 Å². The summed E-state index contributed by atoms with van der Waals surface area (Å²) in [4.78, 5) is 12.4. The van der Waals surface area contributed by atoms with E-state index in [2.05, 4.69) is 5.32 Å². The molecule has 0 saturated heterocycles. The van der Waals surface area contributed by atoms with Crippen LogP contribution in [0.5, 0.6) is 0 Å². The van der Waals surface area contributed by atoms with Gasteiger partial charge in [0.05, 0.1) is 12.2 Å². The number of carbonyl (C=O) groups is 1. The zero-order chi connectivity index (χ0) is 20.9. The van der Waals surface area contributed by atoms with Crippen LogP contribution in [0, 0.1) is 0 Å². The Balaban J connectivity index is 1.77. The second-order valence-corrected chi connectivity index (χ2v) is 6.82. The lowest BCUT2D eigenvalue weighted by atomic mass is 9.86. The van der Waals surface area contributed by atoms with E-state index in [1.807, 2.05) is 24.3 Å². The fourth-order valence-electron chi connectivity index (χ4n) is 3.40. The van der Waals surface area contributed by atoms with E-state index in [1.54, 1.807) is 12.2 Å². The minimum atomic E-state index is -4.35. The highest BCUT2D eigenvalue weighted by Gasteiger charge is 2.30. The third-order valence-electron chi connectivity index (χ3n) is 4.87. The molecule has 0 spiro atoms. The lowest BCUT2D eigenvalue weighted by Gasteiger charge is -2.20. The van der Waals surface area contributed by atoms with E-state index < -0.39 is 11.7 Å². The van der Waals surface area contributed by atoms with Crippen molar-refractivity contribution in [3.8, 4) is 11.1 Å². The normalized spacial score (nSPS) is 13.9. The molecule has 29 heavy (non-hydrogen) atoms. The van der Waals surface area contributed by atoms with Gasteiger partial charge in [-0.3, -0.25) is 4.79 Å². The largest absolute Gasteiger partial charge is 0.416 e. The Hall–Kier alpha value is -2.86. The molecule has 0 heterocycles. The number of hydrogen-bond acceptors (Lipinski definition) is 2. The van der Waals surface area contributed by atoms with E-state index in [-0.39, 0.29) is 12.5 Å². The van der Waals surface area contributed by atoms with Crippen molar-refractivity contribution in [2.24, 2.45) is 0 Å². The standard InChI is InChI=1S/C23H22F3NO2/c24-23(25,26)19-10-7-16(8-11-19)20-6-4-5-17-15-18(9-12-21(17)20)22(29)27-13-2-1-3-14-28/h1,3-8,10-11,15,28H,2,9,12-14H2,(H,27,29)/b3-1-. The topological polar surface area (TPSA) is 49.3 Å². The van der Waals surface area contributed by atoms with Crippen molar-refractivity contribution >= 4 is 12.0 Å². The van der Waals surface area contributed by atoms with Crippen molar-refractivity contribution in [1.29, 1.82) is 0 Å². The van der Waals surface area contributed by atoms with E-state index >= 15 is 0 Å². The number of amides is 1. The van der Waals surface area contributed by atoms with E-state index in [1.165, 1.54) is 12.1 Å². The summed E-state index contributed by atoms with van der Waals surface area (Å²) in [6.45, 7) is 0.474. The summed E-state index contributed by atoms with van der Waals surface area (Å²) in [6, 6.07) is 10.8. The highest BCUT2D eigenvalue weighted by molar-refractivity contribution is 5.99. The number of halogens is 3. The van der Waals surface area contributed by atoms with Crippen LogP contribution in [0.25, 0.3) is 17.2 Å². The Morgan fingerprint density at radius 2 is 1.83 bits per heavy atom. The van der Waals surface area contributed by atoms with Gasteiger partial charge in [-0.2, -0.15) is 13.2 Å². The van der Waals surface area contributed by atoms with Crippen molar-refractivity contribution in [2.75, 3.05) is 13.2 Å². The first-order valence-electron chi connectivity index (χ1n) is 9.44. The van der Waals surface area contributed by atoms with Crippen molar-refractivity contribution in [2.45, 2.75) is 25.4 Å². The Labute approximate surface area is 167 Å². The van der Waals surface area contributed by atoms with Crippen LogP contribution < -0.4 is 5.32 Å². The zero-order valence-corrected chi connectivity index (χ0v) is 15.8. The maximum absolute atomic E-state index is 12.8. The number of benzene rings is 2. The molecule has 0 unspecified atom stereocenters. The fraction of sp³-hybridized carbons (Fsp3) is 0.261. The van der Waals surface area contributed by atoms with Crippen molar-refractivity contribution in [3.63, 3.8) is 0 Å². The smallest absolute Gasteiger partial charge is 0.392 e. The van der Waals surface area contributed by atoms with Gasteiger partial charge in [0.1, 0.15) is 0 Å². The molecule has 2 N–H and O–H groups in total. The molecular formula is C23H22F3NO2. The molecule has 3 rings (SSSR count). The van der Waals surface area contributed by atoms with E-state index in [4.69, 9.17) is 5.11 Å². The minimum Gasteiger partial charge on any atom is -0.392 e. The number of alkyl halides is 3. The maximum atomic E-state index is 12.8. The molecule has 6 heteroatoms. The number of carbonyl (C=O) groups excluding carboxylic acids is 1. The SMILES string of the molecule is O=C(NCC/C=C\CO)C1=Cc2cccc(-c3ccc(C(F)(F)F)cc3)c2CC1. The summed E-state index contributed by atoms with van der Waals surface area (Å²) in [5.41, 5.74) is 3.59. The van der Waals surface area contributed by atoms with Gasteiger partial charge in [-0.1, -0.05) is 42.5 Å². The number of nitrogens with one attached hydrogen (secondary N) is 1. The summed E-state index contributed by atoms with van der Waals surface area (Å²) >= 11 is 0. The Kier molecular flexibility index (Phi) is 6.54. The monoisotopic (exact) mass is 401 g/mol. The summed E-state index contributed by atoms with van der Waals surface area (Å²) < 4.78 is 38.4.